The molecule has 4 heteroatoms. The van der Waals surface area contributed by atoms with Crippen LogP contribution in [0.2, 0.25) is 0 Å². The lowest BCUT2D eigenvalue weighted by Gasteiger charge is -2.25. The molecule has 2 aliphatic rings. The van der Waals surface area contributed by atoms with E-state index in [-0.39, 0.29) is 11.9 Å². The minimum atomic E-state index is -0.0849. The summed E-state index contributed by atoms with van der Waals surface area (Å²) in [4.78, 5) is 19.5. The largest absolute Gasteiger partial charge is 0.324 e. The molecule has 2 unspecified atom stereocenters. The van der Waals surface area contributed by atoms with Crippen molar-refractivity contribution in [2.45, 2.75) is 45.1 Å². The van der Waals surface area contributed by atoms with Crippen LogP contribution in [0.25, 0.3) is 10.9 Å². The Morgan fingerprint density at radius 1 is 1.16 bits per heavy atom. The summed E-state index contributed by atoms with van der Waals surface area (Å²) in [6, 6.07) is 9.71. The average Bonchev–Trinajstić information content (AvgIpc) is 3.32. The van der Waals surface area contributed by atoms with Crippen molar-refractivity contribution < 1.29 is 4.79 Å². The summed E-state index contributed by atoms with van der Waals surface area (Å²) in [7, 11) is 0. The number of anilines is 1. The van der Waals surface area contributed by atoms with E-state index >= 15 is 0 Å². The molecule has 1 saturated heterocycles. The molecule has 1 aliphatic carbocycles. The van der Waals surface area contributed by atoms with Gasteiger partial charge in [-0.1, -0.05) is 31.7 Å². The predicted molar refractivity (Wildman–Crippen MR) is 101 cm³/mol. The maximum atomic E-state index is 12.8. The average molecular weight is 337 g/mol. The number of nitrogens with zero attached hydrogens (tertiary/aromatic N) is 2. The Morgan fingerprint density at radius 2 is 2.00 bits per heavy atom. The Kier molecular flexibility index (Phi) is 4.71. The van der Waals surface area contributed by atoms with Gasteiger partial charge in [0.1, 0.15) is 0 Å². The van der Waals surface area contributed by atoms with E-state index in [9.17, 15) is 4.79 Å². The number of pyridine rings is 1. The van der Waals surface area contributed by atoms with Gasteiger partial charge in [-0.3, -0.25) is 14.7 Å². The van der Waals surface area contributed by atoms with Gasteiger partial charge in [-0.15, -0.1) is 0 Å². The first kappa shape index (κ1) is 16.5. The van der Waals surface area contributed by atoms with Crippen molar-refractivity contribution in [2.24, 2.45) is 11.8 Å². The molecule has 1 saturated carbocycles. The highest BCUT2D eigenvalue weighted by Crippen LogP contribution is 2.36. The van der Waals surface area contributed by atoms with Gasteiger partial charge in [0.05, 0.1) is 17.2 Å². The summed E-state index contributed by atoms with van der Waals surface area (Å²) in [5.74, 6) is 1.77. The predicted octanol–water partition coefficient (Wildman–Crippen LogP) is 4.07. The summed E-state index contributed by atoms with van der Waals surface area (Å²) < 4.78 is 0. The SMILES string of the molecule is CC(C(=O)Nc1cccc2ncccc12)N1CCC(C2CCCC2)C1. The van der Waals surface area contributed by atoms with Gasteiger partial charge >= 0.3 is 0 Å². The number of aromatic nitrogens is 1. The summed E-state index contributed by atoms with van der Waals surface area (Å²) in [5.41, 5.74) is 1.77. The third-order valence-corrected chi connectivity index (χ3v) is 6.15. The van der Waals surface area contributed by atoms with Crippen molar-refractivity contribution in [1.82, 2.24) is 9.88 Å². The lowest BCUT2D eigenvalue weighted by atomic mass is 9.90. The standard InChI is InChI=1S/C21H27N3O/c1-15(24-13-11-17(14-24)16-6-2-3-7-16)21(25)23-20-10-4-9-19-18(20)8-5-12-22-19/h4-5,8-10,12,15-17H,2-3,6-7,11,13-14H2,1H3,(H,23,25). The van der Waals surface area contributed by atoms with E-state index in [1.165, 1.54) is 32.1 Å². The minimum absolute atomic E-state index is 0.0849. The molecule has 132 valence electrons. The van der Waals surface area contributed by atoms with Gasteiger partial charge in [-0.25, -0.2) is 0 Å². The highest BCUT2D eigenvalue weighted by atomic mass is 16.2. The number of rotatable bonds is 4. The summed E-state index contributed by atoms with van der Waals surface area (Å²) in [5, 5.41) is 4.12. The maximum absolute atomic E-state index is 12.8. The van der Waals surface area contributed by atoms with Gasteiger partial charge in [0.2, 0.25) is 5.91 Å². The van der Waals surface area contributed by atoms with Gasteiger partial charge in [0.15, 0.2) is 0 Å². The zero-order valence-corrected chi connectivity index (χ0v) is 14.9. The second kappa shape index (κ2) is 7.12. The first-order valence-electron chi connectivity index (χ1n) is 9.61. The number of hydrogen-bond donors (Lipinski definition) is 1. The Labute approximate surface area is 149 Å². The van der Waals surface area contributed by atoms with Gasteiger partial charge in [-0.2, -0.15) is 0 Å². The molecule has 1 aliphatic heterocycles. The van der Waals surface area contributed by atoms with E-state index in [0.29, 0.717) is 0 Å². The number of benzene rings is 1. The summed E-state index contributed by atoms with van der Waals surface area (Å²) in [6.45, 7) is 4.17. The smallest absolute Gasteiger partial charge is 0.241 e. The molecule has 1 aromatic carbocycles. The Hall–Kier alpha value is -1.94. The van der Waals surface area contributed by atoms with Crippen LogP contribution in [0.15, 0.2) is 36.5 Å². The summed E-state index contributed by atoms with van der Waals surface area (Å²) >= 11 is 0. The van der Waals surface area contributed by atoms with E-state index < -0.39 is 0 Å². The topological polar surface area (TPSA) is 45.2 Å². The first-order chi connectivity index (χ1) is 12.2. The molecule has 2 aromatic rings. The van der Waals surface area contributed by atoms with Crippen LogP contribution in [0.3, 0.4) is 0 Å². The van der Waals surface area contributed by atoms with Crippen LogP contribution in [0.4, 0.5) is 5.69 Å². The molecule has 1 amide bonds. The lowest BCUT2D eigenvalue weighted by Crippen LogP contribution is -2.41. The molecule has 1 aromatic heterocycles. The number of carbonyl (C=O) groups is 1. The van der Waals surface area contributed by atoms with Crippen LogP contribution < -0.4 is 5.32 Å². The third-order valence-electron chi connectivity index (χ3n) is 6.15. The molecular formula is C21H27N3O. The van der Waals surface area contributed by atoms with E-state index in [4.69, 9.17) is 0 Å². The van der Waals surface area contributed by atoms with Gasteiger partial charge in [0.25, 0.3) is 0 Å². The molecule has 25 heavy (non-hydrogen) atoms. The Bertz CT molecular complexity index is 748. The highest BCUT2D eigenvalue weighted by Gasteiger charge is 2.34. The minimum Gasteiger partial charge on any atom is -0.324 e. The molecule has 1 N–H and O–H groups in total. The van der Waals surface area contributed by atoms with Crippen molar-refractivity contribution >= 4 is 22.5 Å². The second-order valence-electron chi connectivity index (χ2n) is 7.63. The number of amides is 1. The van der Waals surface area contributed by atoms with E-state index in [2.05, 4.69) is 15.2 Å². The number of likely N-dealkylation sites (tertiary alicyclic amines) is 1. The van der Waals surface area contributed by atoms with Crippen LogP contribution in [-0.2, 0) is 4.79 Å². The highest BCUT2D eigenvalue weighted by molar-refractivity contribution is 6.02. The first-order valence-corrected chi connectivity index (χ1v) is 9.61. The van der Waals surface area contributed by atoms with Gasteiger partial charge in [-0.05, 0) is 56.0 Å². The monoisotopic (exact) mass is 337 g/mol. The fraction of sp³-hybridized carbons (Fsp3) is 0.524. The van der Waals surface area contributed by atoms with Gasteiger partial charge < -0.3 is 5.32 Å². The molecule has 2 fully saturated rings. The van der Waals surface area contributed by atoms with Gasteiger partial charge in [0, 0.05) is 18.1 Å². The normalized spacial score (nSPS) is 23.2. The lowest BCUT2D eigenvalue weighted by molar-refractivity contribution is -0.120. The van der Waals surface area contributed by atoms with Crippen LogP contribution >= 0.6 is 0 Å². The van der Waals surface area contributed by atoms with Crippen molar-refractivity contribution in [2.75, 3.05) is 18.4 Å². The summed E-state index contributed by atoms with van der Waals surface area (Å²) in [6.07, 6.45) is 8.60. The van der Waals surface area contributed by atoms with Crippen LogP contribution in [-0.4, -0.2) is 34.9 Å². The zero-order valence-electron chi connectivity index (χ0n) is 14.9. The van der Waals surface area contributed by atoms with E-state index in [0.717, 1.165) is 41.5 Å². The Morgan fingerprint density at radius 3 is 2.84 bits per heavy atom. The fourth-order valence-corrected chi connectivity index (χ4v) is 4.60. The quantitative estimate of drug-likeness (QED) is 0.914. The zero-order chi connectivity index (χ0) is 17.2. The molecule has 0 radical (unpaired) electrons. The molecule has 0 bridgehead atoms. The van der Waals surface area contributed by atoms with Crippen LogP contribution in [0, 0.1) is 11.8 Å². The number of hydrogen-bond acceptors (Lipinski definition) is 3. The van der Waals surface area contributed by atoms with Crippen LogP contribution in [0.1, 0.15) is 39.0 Å². The van der Waals surface area contributed by atoms with E-state index in [1.807, 2.05) is 37.3 Å². The number of fused-ring (bicyclic) bond motifs is 1. The molecule has 4 rings (SSSR count). The van der Waals surface area contributed by atoms with Crippen LogP contribution in [0.5, 0.6) is 0 Å². The van der Waals surface area contributed by atoms with Crippen molar-refractivity contribution in [3.05, 3.63) is 36.5 Å². The van der Waals surface area contributed by atoms with E-state index in [1.54, 1.807) is 6.20 Å². The van der Waals surface area contributed by atoms with Crippen molar-refractivity contribution in [3.8, 4) is 0 Å². The molecule has 4 nitrogen and oxygen atoms in total. The van der Waals surface area contributed by atoms with Crippen molar-refractivity contribution in [3.63, 3.8) is 0 Å². The van der Waals surface area contributed by atoms with Crippen molar-refractivity contribution in [1.29, 1.82) is 0 Å². The third kappa shape index (κ3) is 3.40. The maximum Gasteiger partial charge on any atom is 0.241 e. The molecule has 2 atom stereocenters. The number of carbonyl (C=O) groups excluding carboxylic acids is 1. The second-order valence-corrected chi connectivity index (χ2v) is 7.63. The fourth-order valence-electron chi connectivity index (χ4n) is 4.60. The number of nitrogens with one attached hydrogen (secondary N) is 1. The Balaban J connectivity index is 1.42. The molecule has 2 heterocycles. The molecule has 0 spiro atoms. The molecular weight excluding hydrogens is 310 g/mol.